The van der Waals surface area contributed by atoms with Crippen LogP contribution in [0.25, 0.3) is 6.08 Å². The van der Waals surface area contributed by atoms with Crippen molar-refractivity contribution in [2.75, 3.05) is 14.2 Å². The molecule has 0 amide bonds. The third kappa shape index (κ3) is 5.55. The Balaban J connectivity index is 1.56. The van der Waals surface area contributed by atoms with Gasteiger partial charge in [0.1, 0.15) is 18.1 Å². The fraction of sp³-hybridized carbons (Fsp3) is 0.167. The quantitative estimate of drug-likeness (QED) is 0.216. The van der Waals surface area contributed by atoms with Crippen molar-refractivity contribution < 1.29 is 19.0 Å². The Kier molecular flexibility index (Phi) is 7.99. The molecule has 0 N–H and O–H groups in total. The lowest BCUT2D eigenvalue weighted by Crippen LogP contribution is -2.39. The minimum absolute atomic E-state index is 0.228. The first-order valence-corrected chi connectivity index (χ1v) is 14.0. The SMILES string of the molecule is COC(=O)C1=C(C)N=c2s/c(=C\c3ccc(OC)c(COc4ccc(I)cc4)c3)c(=O)n2[C@@H]1c1ccccc1. The first kappa shape index (κ1) is 26.9. The average molecular weight is 653 g/mol. The molecule has 1 atom stereocenters. The number of nitrogens with zero attached hydrogens (tertiary/aromatic N) is 2. The molecule has 5 rings (SSSR count). The predicted molar refractivity (Wildman–Crippen MR) is 159 cm³/mol. The van der Waals surface area contributed by atoms with Gasteiger partial charge in [-0.25, -0.2) is 9.79 Å². The maximum atomic E-state index is 13.8. The van der Waals surface area contributed by atoms with Crippen molar-refractivity contribution in [2.45, 2.75) is 19.6 Å². The number of halogens is 1. The van der Waals surface area contributed by atoms with Crippen LogP contribution in [0.5, 0.6) is 11.5 Å². The van der Waals surface area contributed by atoms with E-state index in [1.807, 2.05) is 78.9 Å². The number of hydrogen-bond donors (Lipinski definition) is 0. The normalized spacial score (nSPS) is 15.0. The number of ether oxygens (including phenoxy) is 3. The summed E-state index contributed by atoms with van der Waals surface area (Å²) < 4.78 is 19.8. The molecule has 2 heterocycles. The van der Waals surface area contributed by atoms with Crippen LogP contribution >= 0.6 is 33.9 Å². The van der Waals surface area contributed by atoms with Crippen LogP contribution in [-0.2, 0) is 16.1 Å². The second kappa shape index (κ2) is 11.6. The van der Waals surface area contributed by atoms with E-state index in [-0.39, 0.29) is 5.56 Å². The van der Waals surface area contributed by atoms with E-state index in [9.17, 15) is 9.59 Å². The molecule has 0 saturated heterocycles. The molecule has 0 aliphatic carbocycles. The standard InChI is InChI=1S/C30H25IN2O5S/c1-18-26(29(35)37-3)27(20-7-5-4-6-8-20)33-28(34)25(39-30(33)32-18)16-19-9-14-24(36-2)21(15-19)17-38-23-12-10-22(31)11-13-23/h4-16,27H,17H2,1-3H3/b25-16-/t27-/m1/s1. The number of carbonyl (C=O) groups excluding carboxylic acids is 1. The summed E-state index contributed by atoms with van der Waals surface area (Å²) in [6, 6.07) is 22.3. The Morgan fingerprint density at radius 3 is 2.51 bits per heavy atom. The smallest absolute Gasteiger partial charge is 0.338 e. The second-order valence-electron chi connectivity index (χ2n) is 8.80. The highest BCUT2D eigenvalue weighted by Crippen LogP contribution is 2.30. The molecule has 1 aliphatic heterocycles. The highest BCUT2D eigenvalue weighted by Gasteiger charge is 2.32. The zero-order valence-electron chi connectivity index (χ0n) is 21.5. The summed E-state index contributed by atoms with van der Waals surface area (Å²) in [7, 11) is 2.95. The molecule has 3 aromatic carbocycles. The summed E-state index contributed by atoms with van der Waals surface area (Å²) in [6.45, 7) is 2.07. The molecule has 0 spiro atoms. The molecule has 7 nitrogen and oxygen atoms in total. The van der Waals surface area contributed by atoms with Crippen molar-refractivity contribution >= 4 is 46.0 Å². The van der Waals surface area contributed by atoms with Gasteiger partial charge in [0.2, 0.25) is 0 Å². The molecule has 1 aromatic heterocycles. The van der Waals surface area contributed by atoms with Crippen LogP contribution in [0.1, 0.15) is 29.7 Å². The topological polar surface area (TPSA) is 79.1 Å². The van der Waals surface area contributed by atoms with Gasteiger partial charge in [0.05, 0.1) is 36.1 Å². The third-order valence-electron chi connectivity index (χ3n) is 6.35. The molecule has 198 valence electrons. The van der Waals surface area contributed by atoms with Crippen LogP contribution in [0.4, 0.5) is 0 Å². The van der Waals surface area contributed by atoms with Crippen LogP contribution < -0.4 is 24.4 Å². The second-order valence-corrected chi connectivity index (χ2v) is 11.1. The zero-order chi connectivity index (χ0) is 27.5. The first-order valence-electron chi connectivity index (χ1n) is 12.1. The lowest BCUT2D eigenvalue weighted by atomic mass is 9.96. The first-order chi connectivity index (χ1) is 18.9. The molecule has 9 heteroatoms. The number of methoxy groups -OCH3 is 2. The van der Waals surface area contributed by atoms with Gasteiger partial charge in [-0.15, -0.1) is 0 Å². The predicted octanol–water partition coefficient (Wildman–Crippen LogP) is 4.60. The van der Waals surface area contributed by atoms with E-state index in [1.165, 1.54) is 18.4 Å². The lowest BCUT2D eigenvalue weighted by Gasteiger charge is -2.24. The Labute approximate surface area is 242 Å². The summed E-state index contributed by atoms with van der Waals surface area (Å²) >= 11 is 3.54. The molecule has 0 unspecified atom stereocenters. The summed E-state index contributed by atoms with van der Waals surface area (Å²) in [4.78, 5) is 31.7. The van der Waals surface area contributed by atoms with Crippen LogP contribution in [0.15, 0.2) is 93.9 Å². The van der Waals surface area contributed by atoms with Gasteiger partial charge in [-0.3, -0.25) is 9.36 Å². The van der Waals surface area contributed by atoms with E-state index in [4.69, 9.17) is 14.2 Å². The number of allylic oxidation sites excluding steroid dienone is 1. The number of carbonyl (C=O) groups is 1. The van der Waals surface area contributed by atoms with Gasteiger partial charge in [0.15, 0.2) is 4.80 Å². The van der Waals surface area contributed by atoms with Crippen LogP contribution in [0.2, 0.25) is 0 Å². The van der Waals surface area contributed by atoms with Gasteiger partial charge in [-0.05, 0) is 83.1 Å². The van der Waals surface area contributed by atoms with Crippen molar-refractivity contribution in [3.63, 3.8) is 0 Å². The van der Waals surface area contributed by atoms with Gasteiger partial charge in [-0.2, -0.15) is 0 Å². The molecule has 0 saturated carbocycles. The number of thiazole rings is 1. The molecule has 0 radical (unpaired) electrons. The number of esters is 1. The maximum absolute atomic E-state index is 13.8. The molecular formula is C30H25IN2O5S. The minimum atomic E-state index is -0.634. The average Bonchev–Trinajstić information content (AvgIpc) is 3.26. The summed E-state index contributed by atoms with van der Waals surface area (Å²) in [6.07, 6.45) is 1.83. The number of aromatic nitrogens is 1. The molecule has 39 heavy (non-hydrogen) atoms. The van der Waals surface area contributed by atoms with E-state index in [0.717, 1.165) is 26.0 Å². The number of hydrogen-bond acceptors (Lipinski definition) is 7. The van der Waals surface area contributed by atoms with E-state index in [1.54, 1.807) is 18.6 Å². The van der Waals surface area contributed by atoms with E-state index in [2.05, 4.69) is 27.6 Å². The molecule has 1 aliphatic rings. The fourth-order valence-corrected chi connectivity index (χ4v) is 5.89. The van der Waals surface area contributed by atoms with Crippen LogP contribution in [0, 0.1) is 3.57 Å². The summed E-state index contributed by atoms with van der Waals surface area (Å²) in [5, 5.41) is 0. The lowest BCUT2D eigenvalue weighted by molar-refractivity contribution is -0.136. The van der Waals surface area contributed by atoms with E-state index in [0.29, 0.717) is 33.0 Å². The Hall–Kier alpha value is -3.70. The van der Waals surface area contributed by atoms with Gasteiger partial charge in [0.25, 0.3) is 5.56 Å². The van der Waals surface area contributed by atoms with E-state index >= 15 is 0 Å². The van der Waals surface area contributed by atoms with Crippen molar-refractivity contribution in [1.29, 1.82) is 0 Å². The van der Waals surface area contributed by atoms with Crippen molar-refractivity contribution in [3.8, 4) is 11.5 Å². The largest absolute Gasteiger partial charge is 0.496 e. The highest BCUT2D eigenvalue weighted by molar-refractivity contribution is 14.1. The minimum Gasteiger partial charge on any atom is -0.496 e. The van der Waals surface area contributed by atoms with Crippen LogP contribution in [0.3, 0.4) is 0 Å². The Morgan fingerprint density at radius 2 is 1.82 bits per heavy atom. The molecule has 4 aromatic rings. The maximum Gasteiger partial charge on any atom is 0.338 e. The van der Waals surface area contributed by atoms with E-state index < -0.39 is 12.0 Å². The van der Waals surface area contributed by atoms with Gasteiger partial charge < -0.3 is 14.2 Å². The van der Waals surface area contributed by atoms with Gasteiger partial charge >= 0.3 is 5.97 Å². The van der Waals surface area contributed by atoms with Crippen molar-refractivity contribution in [1.82, 2.24) is 4.57 Å². The van der Waals surface area contributed by atoms with Crippen LogP contribution in [-0.4, -0.2) is 24.8 Å². The number of fused-ring (bicyclic) bond motifs is 1. The summed E-state index contributed by atoms with van der Waals surface area (Å²) in [5.41, 5.74) is 3.13. The summed E-state index contributed by atoms with van der Waals surface area (Å²) in [5.74, 6) is 0.947. The van der Waals surface area contributed by atoms with Gasteiger partial charge in [-0.1, -0.05) is 47.7 Å². The molecule has 0 fully saturated rings. The monoisotopic (exact) mass is 652 g/mol. The Bertz CT molecular complexity index is 1740. The number of benzene rings is 3. The highest BCUT2D eigenvalue weighted by atomic mass is 127. The van der Waals surface area contributed by atoms with Gasteiger partial charge in [0, 0.05) is 9.13 Å². The van der Waals surface area contributed by atoms with Crippen molar-refractivity contribution in [3.05, 3.63) is 124 Å². The Morgan fingerprint density at radius 1 is 1.08 bits per heavy atom. The fourth-order valence-electron chi connectivity index (χ4n) is 4.49. The number of rotatable bonds is 7. The zero-order valence-corrected chi connectivity index (χ0v) is 24.5. The third-order valence-corrected chi connectivity index (χ3v) is 8.05. The molecule has 0 bridgehead atoms. The molecular weight excluding hydrogens is 627 g/mol. The van der Waals surface area contributed by atoms with Crippen molar-refractivity contribution in [2.24, 2.45) is 4.99 Å².